The van der Waals surface area contributed by atoms with E-state index in [-0.39, 0.29) is 18.3 Å². The third-order valence-electron chi connectivity index (χ3n) is 3.11. The molecule has 0 aliphatic carbocycles. The van der Waals surface area contributed by atoms with Crippen LogP contribution in [0.25, 0.3) is 0 Å². The molecule has 0 aromatic heterocycles. The molecule has 1 amide bonds. The Kier molecular flexibility index (Phi) is 5.30. The molecule has 5 heteroatoms. The highest BCUT2D eigenvalue weighted by atomic mass is 19.1. The van der Waals surface area contributed by atoms with Gasteiger partial charge in [-0.2, -0.15) is 0 Å². The Bertz CT molecular complexity index is 402. The lowest BCUT2D eigenvalue weighted by Gasteiger charge is -2.22. The zero-order valence-corrected chi connectivity index (χ0v) is 10.8. The second-order valence-electron chi connectivity index (χ2n) is 4.78. The van der Waals surface area contributed by atoms with Gasteiger partial charge in [0.05, 0.1) is 6.61 Å². The van der Waals surface area contributed by atoms with Crippen molar-refractivity contribution < 1.29 is 13.9 Å². The van der Waals surface area contributed by atoms with Gasteiger partial charge in [0, 0.05) is 12.2 Å². The number of rotatable bonds is 5. The molecule has 1 saturated heterocycles. The maximum Gasteiger partial charge on any atom is 0.250 e. The fraction of sp³-hybridized carbons (Fsp3) is 0.500. The lowest BCUT2D eigenvalue weighted by molar-refractivity contribution is -0.121. The minimum absolute atomic E-state index is 0.0356. The highest BCUT2D eigenvalue weighted by molar-refractivity contribution is 5.91. The Morgan fingerprint density at radius 2 is 2.21 bits per heavy atom. The van der Waals surface area contributed by atoms with E-state index in [1.165, 1.54) is 24.3 Å². The van der Waals surface area contributed by atoms with Gasteiger partial charge in [-0.1, -0.05) is 0 Å². The molecule has 1 aliphatic heterocycles. The van der Waals surface area contributed by atoms with Crippen LogP contribution in [0.5, 0.6) is 0 Å². The first-order valence-corrected chi connectivity index (χ1v) is 6.58. The molecular weight excluding hydrogens is 247 g/mol. The fourth-order valence-corrected chi connectivity index (χ4v) is 2.11. The number of benzene rings is 1. The maximum atomic E-state index is 12.7. The zero-order chi connectivity index (χ0) is 13.5. The molecule has 1 heterocycles. The van der Waals surface area contributed by atoms with Crippen LogP contribution in [-0.4, -0.2) is 32.2 Å². The summed E-state index contributed by atoms with van der Waals surface area (Å²) in [7, 11) is 0. The summed E-state index contributed by atoms with van der Waals surface area (Å²) in [5.74, 6) is -0.0400. The number of carbonyl (C=O) groups excluding carboxylic acids is 1. The summed E-state index contributed by atoms with van der Waals surface area (Å²) in [6.45, 7) is 2.67. The van der Waals surface area contributed by atoms with E-state index in [0.717, 1.165) is 25.9 Å². The van der Waals surface area contributed by atoms with Gasteiger partial charge < -0.3 is 15.4 Å². The van der Waals surface area contributed by atoms with Gasteiger partial charge in [0.25, 0.3) is 0 Å². The molecule has 2 rings (SSSR count). The first kappa shape index (κ1) is 14.0. The largest absolute Gasteiger partial charge is 0.371 e. The number of hydrogen-bond donors (Lipinski definition) is 2. The number of ether oxygens (including phenoxy) is 1. The topological polar surface area (TPSA) is 50.4 Å². The summed E-state index contributed by atoms with van der Waals surface area (Å²) in [5, 5.41) is 5.96. The standard InChI is InChI=1S/C14H19FN2O2/c15-12-3-5-13(6-4-12)17-14(18)10-19-9-11-2-1-7-16-8-11/h3-6,11,16H,1-2,7-10H2,(H,17,18). The molecule has 0 bridgehead atoms. The number of nitrogens with one attached hydrogen (secondary N) is 2. The number of anilines is 1. The molecule has 1 aliphatic rings. The van der Waals surface area contributed by atoms with E-state index in [9.17, 15) is 9.18 Å². The predicted octanol–water partition coefficient (Wildman–Crippen LogP) is 1.78. The number of hydrogen-bond acceptors (Lipinski definition) is 3. The van der Waals surface area contributed by atoms with E-state index < -0.39 is 0 Å². The van der Waals surface area contributed by atoms with Gasteiger partial charge in [-0.25, -0.2) is 4.39 Å². The molecule has 0 radical (unpaired) electrons. The van der Waals surface area contributed by atoms with E-state index in [1.54, 1.807) is 0 Å². The van der Waals surface area contributed by atoms with Gasteiger partial charge in [-0.05, 0) is 49.6 Å². The summed E-state index contributed by atoms with van der Waals surface area (Å²) in [5.41, 5.74) is 0.578. The third kappa shape index (κ3) is 4.96. The van der Waals surface area contributed by atoms with Crippen LogP contribution in [0.3, 0.4) is 0 Å². The summed E-state index contributed by atoms with van der Waals surface area (Å²) >= 11 is 0. The van der Waals surface area contributed by atoms with E-state index in [1.807, 2.05) is 0 Å². The maximum absolute atomic E-state index is 12.7. The first-order valence-electron chi connectivity index (χ1n) is 6.58. The van der Waals surface area contributed by atoms with Crippen LogP contribution in [0.1, 0.15) is 12.8 Å². The van der Waals surface area contributed by atoms with Gasteiger partial charge in [0.2, 0.25) is 5.91 Å². The second kappa shape index (κ2) is 7.21. The van der Waals surface area contributed by atoms with Crippen molar-refractivity contribution in [3.63, 3.8) is 0 Å². The Balaban J connectivity index is 1.65. The van der Waals surface area contributed by atoms with Gasteiger partial charge in [0.1, 0.15) is 12.4 Å². The van der Waals surface area contributed by atoms with Crippen molar-refractivity contribution in [3.8, 4) is 0 Å². The normalized spacial score (nSPS) is 19.1. The SMILES string of the molecule is O=C(COCC1CCCNC1)Nc1ccc(F)cc1. The van der Waals surface area contributed by atoms with Crippen molar-refractivity contribution in [1.82, 2.24) is 5.32 Å². The predicted molar refractivity (Wildman–Crippen MR) is 71.4 cm³/mol. The average Bonchev–Trinajstić information content (AvgIpc) is 2.43. The molecule has 104 valence electrons. The smallest absolute Gasteiger partial charge is 0.250 e. The van der Waals surface area contributed by atoms with E-state index >= 15 is 0 Å². The lowest BCUT2D eigenvalue weighted by atomic mass is 10.0. The Morgan fingerprint density at radius 1 is 1.42 bits per heavy atom. The highest BCUT2D eigenvalue weighted by Gasteiger charge is 2.13. The van der Waals surface area contributed by atoms with Crippen LogP contribution < -0.4 is 10.6 Å². The second-order valence-corrected chi connectivity index (χ2v) is 4.78. The molecule has 2 N–H and O–H groups in total. The Morgan fingerprint density at radius 3 is 2.89 bits per heavy atom. The Labute approximate surface area is 112 Å². The van der Waals surface area contributed by atoms with Crippen LogP contribution in [0.2, 0.25) is 0 Å². The highest BCUT2D eigenvalue weighted by Crippen LogP contribution is 2.10. The van der Waals surface area contributed by atoms with Crippen molar-refractivity contribution in [3.05, 3.63) is 30.1 Å². The van der Waals surface area contributed by atoms with Crippen molar-refractivity contribution in [2.75, 3.05) is 31.6 Å². The van der Waals surface area contributed by atoms with Crippen LogP contribution in [0.4, 0.5) is 10.1 Å². The van der Waals surface area contributed by atoms with Crippen molar-refractivity contribution in [2.45, 2.75) is 12.8 Å². The minimum atomic E-state index is -0.320. The van der Waals surface area contributed by atoms with Gasteiger partial charge in [-0.3, -0.25) is 4.79 Å². The van der Waals surface area contributed by atoms with Crippen LogP contribution in [-0.2, 0) is 9.53 Å². The monoisotopic (exact) mass is 266 g/mol. The molecule has 1 aromatic rings. The Hall–Kier alpha value is -1.46. The lowest BCUT2D eigenvalue weighted by Crippen LogP contribution is -2.33. The van der Waals surface area contributed by atoms with Crippen molar-refractivity contribution in [1.29, 1.82) is 0 Å². The molecule has 1 aromatic carbocycles. The molecule has 0 saturated carbocycles. The molecule has 19 heavy (non-hydrogen) atoms. The fourth-order valence-electron chi connectivity index (χ4n) is 2.11. The van der Waals surface area contributed by atoms with Gasteiger partial charge >= 0.3 is 0 Å². The van der Waals surface area contributed by atoms with Crippen molar-refractivity contribution >= 4 is 11.6 Å². The minimum Gasteiger partial charge on any atom is -0.371 e. The molecule has 0 spiro atoms. The first-order chi connectivity index (χ1) is 9.24. The zero-order valence-electron chi connectivity index (χ0n) is 10.8. The molecule has 1 atom stereocenters. The summed E-state index contributed by atoms with van der Waals surface area (Å²) in [6.07, 6.45) is 2.31. The molecular formula is C14H19FN2O2. The van der Waals surface area contributed by atoms with Gasteiger partial charge in [0.15, 0.2) is 0 Å². The summed E-state index contributed by atoms with van der Waals surface area (Å²) in [6, 6.07) is 5.67. The quantitative estimate of drug-likeness (QED) is 0.854. The number of halogens is 1. The third-order valence-corrected chi connectivity index (χ3v) is 3.11. The van der Waals surface area contributed by atoms with E-state index in [4.69, 9.17) is 4.74 Å². The van der Waals surface area contributed by atoms with Crippen LogP contribution in [0.15, 0.2) is 24.3 Å². The number of amides is 1. The van der Waals surface area contributed by atoms with Crippen molar-refractivity contribution in [2.24, 2.45) is 5.92 Å². The summed E-state index contributed by atoms with van der Waals surface area (Å²) < 4.78 is 18.1. The van der Waals surface area contributed by atoms with Crippen LogP contribution in [0, 0.1) is 11.7 Å². The van der Waals surface area contributed by atoms with Gasteiger partial charge in [-0.15, -0.1) is 0 Å². The van der Waals surface area contributed by atoms with E-state index in [2.05, 4.69) is 10.6 Å². The average molecular weight is 266 g/mol. The van der Waals surface area contributed by atoms with E-state index in [0.29, 0.717) is 18.2 Å². The number of carbonyl (C=O) groups is 1. The van der Waals surface area contributed by atoms with Crippen LogP contribution >= 0.6 is 0 Å². The summed E-state index contributed by atoms with van der Waals surface area (Å²) in [4.78, 5) is 11.6. The molecule has 1 fully saturated rings. The molecule has 4 nitrogen and oxygen atoms in total. The molecule has 1 unspecified atom stereocenters. The number of piperidine rings is 1.